The van der Waals surface area contributed by atoms with Gasteiger partial charge in [-0.25, -0.2) is 0 Å². The molecule has 0 saturated carbocycles. The number of rotatable bonds is 7. The molecule has 0 aromatic rings. The van der Waals surface area contributed by atoms with Crippen molar-refractivity contribution in [2.24, 2.45) is 5.41 Å². The Kier molecular flexibility index (Phi) is 6.86. The van der Waals surface area contributed by atoms with Crippen LogP contribution in [0.5, 0.6) is 0 Å². The monoisotopic (exact) mass is 236 g/mol. The minimum absolute atomic E-state index is 0.0341. The van der Waals surface area contributed by atoms with Crippen molar-refractivity contribution >= 4 is 6.21 Å². The topological polar surface area (TPSA) is 35.9 Å². The van der Waals surface area contributed by atoms with Gasteiger partial charge in [-0.2, -0.15) is 0 Å². The molecule has 1 unspecified atom stereocenters. The van der Waals surface area contributed by atoms with E-state index in [1.165, 1.54) is 12.6 Å². The van der Waals surface area contributed by atoms with E-state index in [1.807, 2.05) is 6.08 Å². The minimum atomic E-state index is 0.0341. The Balaban J connectivity index is 4.82. The van der Waals surface area contributed by atoms with Crippen LogP contribution < -0.4 is 5.32 Å². The zero-order valence-corrected chi connectivity index (χ0v) is 12.1. The number of hydrogen-bond donors (Lipinski definition) is 2. The second-order valence-corrected chi connectivity index (χ2v) is 5.51. The molecule has 0 aliphatic carbocycles. The summed E-state index contributed by atoms with van der Waals surface area (Å²) in [6.45, 7) is 15.0. The lowest BCUT2D eigenvalue weighted by Crippen LogP contribution is -2.31. The Labute approximate surface area is 107 Å². The van der Waals surface area contributed by atoms with E-state index < -0.39 is 0 Å². The molecule has 2 heteroatoms. The van der Waals surface area contributed by atoms with Crippen LogP contribution in [0.1, 0.15) is 53.9 Å². The molecule has 2 N–H and O–H groups in total. The fourth-order valence-corrected chi connectivity index (χ4v) is 1.67. The Hall–Kier alpha value is -1.05. The van der Waals surface area contributed by atoms with Gasteiger partial charge >= 0.3 is 0 Å². The van der Waals surface area contributed by atoms with E-state index in [9.17, 15) is 0 Å². The molecule has 0 aliphatic rings. The predicted molar refractivity (Wildman–Crippen MR) is 77.6 cm³/mol. The van der Waals surface area contributed by atoms with Crippen LogP contribution in [0.25, 0.3) is 0 Å². The molecule has 0 aliphatic heterocycles. The van der Waals surface area contributed by atoms with Crippen LogP contribution in [0.3, 0.4) is 0 Å². The predicted octanol–water partition coefficient (Wildman–Crippen LogP) is 4.29. The lowest BCUT2D eigenvalue weighted by atomic mass is 9.85. The summed E-state index contributed by atoms with van der Waals surface area (Å²) in [5.74, 6) is 0. The molecule has 0 aromatic carbocycles. The van der Waals surface area contributed by atoms with Crippen molar-refractivity contribution in [2.75, 3.05) is 0 Å². The molecular weight excluding hydrogens is 208 g/mol. The molecule has 2 nitrogen and oxygen atoms in total. The van der Waals surface area contributed by atoms with Crippen LogP contribution in [0.15, 0.2) is 23.9 Å². The molecule has 0 bridgehead atoms. The van der Waals surface area contributed by atoms with Gasteiger partial charge in [-0.05, 0) is 29.9 Å². The van der Waals surface area contributed by atoms with Crippen molar-refractivity contribution < 1.29 is 0 Å². The summed E-state index contributed by atoms with van der Waals surface area (Å²) in [7, 11) is 0. The van der Waals surface area contributed by atoms with Crippen LogP contribution in [0, 0.1) is 10.8 Å². The summed E-state index contributed by atoms with van der Waals surface area (Å²) >= 11 is 0. The molecule has 0 saturated heterocycles. The fourth-order valence-electron chi connectivity index (χ4n) is 1.67. The van der Waals surface area contributed by atoms with Crippen LogP contribution in [0.2, 0.25) is 0 Å². The molecule has 0 radical (unpaired) electrons. The van der Waals surface area contributed by atoms with Crippen molar-refractivity contribution in [3.63, 3.8) is 0 Å². The van der Waals surface area contributed by atoms with Crippen molar-refractivity contribution in [1.82, 2.24) is 5.32 Å². The largest absolute Gasteiger partial charge is 0.382 e. The van der Waals surface area contributed by atoms with Gasteiger partial charge in [0.1, 0.15) is 0 Å². The zero-order valence-electron chi connectivity index (χ0n) is 12.1. The van der Waals surface area contributed by atoms with E-state index in [-0.39, 0.29) is 5.41 Å². The van der Waals surface area contributed by atoms with Gasteiger partial charge in [0.25, 0.3) is 0 Å². The molecule has 0 heterocycles. The van der Waals surface area contributed by atoms with E-state index in [0.717, 1.165) is 24.1 Å². The summed E-state index contributed by atoms with van der Waals surface area (Å²) in [6, 6.07) is 0.477. The standard InChI is InChI=1S/C15H28N2/c1-7-9-13(8-2)17-14(10-11-16)12(3)15(4,5)6/h10-11,13,16-17H,3,7-9H2,1-2,4-6H3/b14-10-,16-11?. The maximum Gasteiger partial charge on any atom is 0.0389 e. The van der Waals surface area contributed by atoms with E-state index in [0.29, 0.717) is 6.04 Å². The van der Waals surface area contributed by atoms with Gasteiger partial charge in [0.15, 0.2) is 0 Å². The first-order valence-corrected chi connectivity index (χ1v) is 6.53. The van der Waals surface area contributed by atoms with Gasteiger partial charge in [0.2, 0.25) is 0 Å². The summed E-state index contributed by atoms with van der Waals surface area (Å²) in [5, 5.41) is 10.8. The zero-order chi connectivity index (χ0) is 13.5. The molecule has 98 valence electrons. The molecule has 0 fully saturated rings. The third-order valence-corrected chi connectivity index (χ3v) is 2.97. The first kappa shape index (κ1) is 16.0. The van der Waals surface area contributed by atoms with Gasteiger partial charge in [0.05, 0.1) is 0 Å². The molecule has 0 amide bonds. The summed E-state index contributed by atoms with van der Waals surface area (Å²) < 4.78 is 0. The normalized spacial score (nSPS) is 14.3. The maximum atomic E-state index is 7.25. The first-order valence-electron chi connectivity index (χ1n) is 6.53. The van der Waals surface area contributed by atoms with Crippen LogP contribution in [-0.4, -0.2) is 12.3 Å². The highest BCUT2D eigenvalue weighted by Crippen LogP contribution is 2.28. The summed E-state index contributed by atoms with van der Waals surface area (Å²) in [4.78, 5) is 0. The second kappa shape index (κ2) is 7.31. The summed E-state index contributed by atoms with van der Waals surface area (Å²) in [6.07, 6.45) is 6.57. The molecule has 1 atom stereocenters. The van der Waals surface area contributed by atoms with Gasteiger partial charge in [0, 0.05) is 18.0 Å². The van der Waals surface area contributed by atoms with Crippen molar-refractivity contribution in [3.05, 3.63) is 23.9 Å². The molecular formula is C15H28N2. The third kappa shape index (κ3) is 5.71. The smallest absolute Gasteiger partial charge is 0.0389 e. The number of nitrogens with one attached hydrogen (secondary N) is 2. The third-order valence-electron chi connectivity index (χ3n) is 2.97. The summed E-state index contributed by atoms with van der Waals surface area (Å²) in [5.41, 5.74) is 2.11. The highest BCUT2D eigenvalue weighted by atomic mass is 14.9. The van der Waals surface area contributed by atoms with E-state index in [1.54, 1.807) is 0 Å². The Morgan fingerprint density at radius 1 is 1.35 bits per heavy atom. The Bertz CT molecular complexity index is 282. The highest BCUT2D eigenvalue weighted by molar-refractivity contribution is 5.70. The SMILES string of the molecule is C=C(/C(=C/C=N)NC(CC)CCC)C(C)(C)C. The lowest BCUT2D eigenvalue weighted by Gasteiger charge is -2.28. The Morgan fingerprint density at radius 3 is 2.29 bits per heavy atom. The average molecular weight is 236 g/mol. The first-order chi connectivity index (χ1) is 7.86. The van der Waals surface area contributed by atoms with Gasteiger partial charge in [-0.15, -0.1) is 0 Å². The van der Waals surface area contributed by atoms with Gasteiger partial charge in [-0.3, -0.25) is 0 Å². The fraction of sp³-hybridized carbons (Fsp3) is 0.667. The minimum Gasteiger partial charge on any atom is -0.382 e. The second-order valence-electron chi connectivity index (χ2n) is 5.51. The van der Waals surface area contributed by atoms with Crippen LogP contribution in [0.4, 0.5) is 0 Å². The molecule has 0 rings (SSSR count). The van der Waals surface area contributed by atoms with Gasteiger partial charge < -0.3 is 10.7 Å². The lowest BCUT2D eigenvalue weighted by molar-refractivity contribution is 0.468. The van der Waals surface area contributed by atoms with Crippen molar-refractivity contribution in [1.29, 1.82) is 5.41 Å². The van der Waals surface area contributed by atoms with Crippen molar-refractivity contribution in [2.45, 2.75) is 59.9 Å². The Morgan fingerprint density at radius 2 is 1.94 bits per heavy atom. The quantitative estimate of drug-likeness (QED) is 0.502. The number of hydrogen-bond acceptors (Lipinski definition) is 2. The number of allylic oxidation sites excluding steroid dienone is 2. The van der Waals surface area contributed by atoms with Gasteiger partial charge in [-0.1, -0.05) is 47.6 Å². The van der Waals surface area contributed by atoms with Crippen molar-refractivity contribution in [3.8, 4) is 0 Å². The van der Waals surface area contributed by atoms with Crippen LogP contribution >= 0.6 is 0 Å². The maximum absolute atomic E-state index is 7.25. The van der Waals surface area contributed by atoms with E-state index in [2.05, 4.69) is 46.5 Å². The molecule has 17 heavy (non-hydrogen) atoms. The molecule has 0 aromatic heterocycles. The van der Waals surface area contributed by atoms with E-state index >= 15 is 0 Å². The van der Waals surface area contributed by atoms with Crippen LogP contribution in [-0.2, 0) is 0 Å². The highest BCUT2D eigenvalue weighted by Gasteiger charge is 2.19. The average Bonchev–Trinajstić information content (AvgIpc) is 2.25. The molecule has 0 spiro atoms. The van der Waals surface area contributed by atoms with E-state index in [4.69, 9.17) is 5.41 Å².